The Morgan fingerprint density at radius 3 is 2.50 bits per heavy atom. The van der Waals surface area contributed by atoms with Gasteiger partial charge in [-0.3, -0.25) is 0 Å². The van der Waals surface area contributed by atoms with Gasteiger partial charge in [-0.1, -0.05) is 35.3 Å². The molecule has 0 saturated heterocycles. The van der Waals surface area contributed by atoms with Gasteiger partial charge < -0.3 is 15.0 Å². The summed E-state index contributed by atoms with van der Waals surface area (Å²) in [5.41, 5.74) is 1.48. The van der Waals surface area contributed by atoms with E-state index in [2.05, 4.69) is 5.32 Å². The molecule has 0 aliphatic carbocycles. The van der Waals surface area contributed by atoms with Crippen molar-refractivity contribution in [1.82, 2.24) is 4.90 Å². The Morgan fingerprint density at radius 2 is 1.86 bits per heavy atom. The summed E-state index contributed by atoms with van der Waals surface area (Å²) < 4.78 is 5.10. The van der Waals surface area contributed by atoms with Crippen LogP contribution in [0.3, 0.4) is 0 Å². The third-order valence-electron chi connectivity index (χ3n) is 3.10. The van der Waals surface area contributed by atoms with E-state index in [4.69, 9.17) is 27.9 Å². The number of carbonyl (C=O) groups excluding carboxylic acids is 1. The molecule has 2 amide bonds. The lowest BCUT2D eigenvalue weighted by Gasteiger charge is -2.19. The molecule has 0 bridgehead atoms. The summed E-state index contributed by atoms with van der Waals surface area (Å²) in [4.78, 5) is 13.7. The van der Waals surface area contributed by atoms with Gasteiger partial charge in [0.1, 0.15) is 5.75 Å². The summed E-state index contributed by atoms with van der Waals surface area (Å²) in [6.45, 7) is 0.466. The molecular weight excluding hydrogens is 323 g/mol. The van der Waals surface area contributed by atoms with Crippen molar-refractivity contribution >= 4 is 34.9 Å². The number of hydrogen-bond acceptors (Lipinski definition) is 2. The smallest absolute Gasteiger partial charge is 0.321 e. The zero-order valence-electron chi connectivity index (χ0n) is 12.3. The van der Waals surface area contributed by atoms with Crippen molar-refractivity contribution in [2.24, 2.45) is 0 Å². The minimum atomic E-state index is -0.264. The third kappa shape index (κ3) is 4.29. The van der Waals surface area contributed by atoms with Crippen LogP contribution in [-0.4, -0.2) is 25.1 Å². The molecule has 22 heavy (non-hydrogen) atoms. The summed E-state index contributed by atoms with van der Waals surface area (Å²) in [5.74, 6) is 0.779. The summed E-state index contributed by atoms with van der Waals surface area (Å²) in [7, 11) is 3.32. The first-order chi connectivity index (χ1) is 10.5. The molecule has 1 N–H and O–H groups in total. The molecule has 116 valence electrons. The van der Waals surface area contributed by atoms with Gasteiger partial charge >= 0.3 is 6.03 Å². The quantitative estimate of drug-likeness (QED) is 0.880. The van der Waals surface area contributed by atoms with Crippen molar-refractivity contribution < 1.29 is 9.53 Å². The fourth-order valence-electron chi connectivity index (χ4n) is 1.88. The molecule has 0 unspecified atom stereocenters. The molecule has 4 nitrogen and oxygen atoms in total. The van der Waals surface area contributed by atoms with Gasteiger partial charge in [-0.05, 0) is 35.9 Å². The van der Waals surface area contributed by atoms with Crippen LogP contribution in [0.5, 0.6) is 5.75 Å². The van der Waals surface area contributed by atoms with Crippen LogP contribution in [0, 0.1) is 0 Å². The fourth-order valence-corrected chi connectivity index (χ4v) is 2.22. The van der Waals surface area contributed by atoms with Gasteiger partial charge in [0.15, 0.2) is 0 Å². The highest BCUT2D eigenvalue weighted by molar-refractivity contribution is 6.35. The van der Waals surface area contributed by atoms with Gasteiger partial charge in [-0.2, -0.15) is 0 Å². The fraction of sp³-hybridized carbons (Fsp3) is 0.188. The van der Waals surface area contributed by atoms with Gasteiger partial charge in [0, 0.05) is 18.6 Å². The summed E-state index contributed by atoms with van der Waals surface area (Å²) in [6, 6.07) is 12.2. The zero-order valence-corrected chi connectivity index (χ0v) is 13.8. The number of rotatable bonds is 4. The van der Waals surface area contributed by atoms with Crippen LogP contribution in [0.15, 0.2) is 42.5 Å². The van der Waals surface area contributed by atoms with E-state index in [0.717, 1.165) is 11.3 Å². The van der Waals surface area contributed by atoms with Crippen LogP contribution >= 0.6 is 23.2 Å². The summed E-state index contributed by atoms with van der Waals surface area (Å²) in [6.07, 6.45) is 0. The number of anilines is 1. The largest absolute Gasteiger partial charge is 0.497 e. The summed E-state index contributed by atoms with van der Waals surface area (Å²) in [5, 5.41) is 3.69. The van der Waals surface area contributed by atoms with E-state index in [-0.39, 0.29) is 6.03 Å². The lowest BCUT2D eigenvalue weighted by molar-refractivity contribution is 0.220. The Balaban J connectivity index is 2.00. The van der Waals surface area contributed by atoms with E-state index >= 15 is 0 Å². The molecule has 2 aromatic rings. The van der Waals surface area contributed by atoms with Gasteiger partial charge in [0.05, 0.1) is 17.8 Å². The van der Waals surface area contributed by atoms with E-state index in [1.807, 2.05) is 24.3 Å². The molecule has 0 aliphatic rings. The first kappa shape index (κ1) is 16.5. The molecular formula is C16H16Cl2N2O2. The van der Waals surface area contributed by atoms with E-state index in [9.17, 15) is 4.79 Å². The molecule has 0 radical (unpaired) electrons. The Hall–Kier alpha value is -1.91. The van der Waals surface area contributed by atoms with Crippen molar-refractivity contribution in [3.63, 3.8) is 0 Å². The second-order valence-corrected chi connectivity index (χ2v) is 5.60. The van der Waals surface area contributed by atoms with Gasteiger partial charge in [-0.25, -0.2) is 4.79 Å². The van der Waals surface area contributed by atoms with E-state index < -0.39 is 0 Å². The first-order valence-corrected chi connectivity index (χ1v) is 7.35. The number of methoxy groups -OCH3 is 1. The van der Waals surface area contributed by atoms with E-state index in [1.165, 1.54) is 0 Å². The highest BCUT2D eigenvalue weighted by Gasteiger charge is 2.11. The molecule has 0 saturated carbocycles. The molecule has 0 spiro atoms. The van der Waals surface area contributed by atoms with Crippen LogP contribution < -0.4 is 10.1 Å². The molecule has 6 heteroatoms. The minimum Gasteiger partial charge on any atom is -0.497 e. The third-order valence-corrected chi connectivity index (χ3v) is 3.66. The lowest BCUT2D eigenvalue weighted by Crippen LogP contribution is -2.30. The zero-order chi connectivity index (χ0) is 16.1. The second kappa shape index (κ2) is 7.38. The number of nitrogens with one attached hydrogen (secondary N) is 1. The Morgan fingerprint density at radius 1 is 1.18 bits per heavy atom. The average Bonchev–Trinajstić information content (AvgIpc) is 2.51. The number of amides is 2. The van der Waals surface area contributed by atoms with E-state index in [0.29, 0.717) is 22.3 Å². The SMILES string of the molecule is COc1ccc(CN(C)C(=O)Nc2cc(Cl)ccc2Cl)cc1. The maximum absolute atomic E-state index is 12.2. The maximum atomic E-state index is 12.2. The van der Waals surface area contributed by atoms with Crippen LogP contribution in [0.1, 0.15) is 5.56 Å². The van der Waals surface area contributed by atoms with Crippen LogP contribution in [0.2, 0.25) is 10.0 Å². The monoisotopic (exact) mass is 338 g/mol. The van der Waals surface area contributed by atoms with Crippen molar-refractivity contribution in [3.8, 4) is 5.75 Å². The van der Waals surface area contributed by atoms with Crippen molar-refractivity contribution in [2.45, 2.75) is 6.54 Å². The Bertz CT molecular complexity index is 660. The number of hydrogen-bond donors (Lipinski definition) is 1. The summed E-state index contributed by atoms with van der Waals surface area (Å²) >= 11 is 11.9. The Kier molecular flexibility index (Phi) is 5.52. The molecule has 0 aliphatic heterocycles. The second-order valence-electron chi connectivity index (χ2n) is 4.76. The first-order valence-electron chi connectivity index (χ1n) is 6.59. The molecule has 2 aromatic carbocycles. The number of ether oxygens (including phenoxy) is 1. The number of urea groups is 1. The van der Waals surface area contributed by atoms with Gasteiger partial charge in [0.2, 0.25) is 0 Å². The predicted octanol–water partition coefficient (Wildman–Crippen LogP) is 4.67. The number of benzene rings is 2. The van der Waals surface area contributed by atoms with Crippen molar-refractivity contribution in [1.29, 1.82) is 0 Å². The minimum absolute atomic E-state index is 0.264. The number of halogens is 2. The maximum Gasteiger partial charge on any atom is 0.321 e. The van der Waals surface area contributed by atoms with Crippen molar-refractivity contribution in [3.05, 3.63) is 58.1 Å². The topological polar surface area (TPSA) is 41.6 Å². The average molecular weight is 339 g/mol. The van der Waals surface area contributed by atoms with Crippen LogP contribution in [-0.2, 0) is 6.54 Å². The highest BCUT2D eigenvalue weighted by Crippen LogP contribution is 2.25. The predicted molar refractivity (Wildman–Crippen MR) is 89.9 cm³/mol. The van der Waals surface area contributed by atoms with Crippen LogP contribution in [0.25, 0.3) is 0 Å². The highest BCUT2D eigenvalue weighted by atomic mass is 35.5. The number of nitrogens with zero attached hydrogens (tertiary/aromatic N) is 1. The van der Waals surface area contributed by atoms with Crippen molar-refractivity contribution in [2.75, 3.05) is 19.5 Å². The standard InChI is InChI=1S/C16H16Cl2N2O2/c1-20(10-11-3-6-13(22-2)7-4-11)16(21)19-15-9-12(17)5-8-14(15)18/h3-9H,10H2,1-2H3,(H,19,21). The van der Waals surface area contributed by atoms with Crippen LogP contribution in [0.4, 0.5) is 10.5 Å². The molecule has 0 atom stereocenters. The Labute approximate surface area is 139 Å². The molecule has 0 fully saturated rings. The lowest BCUT2D eigenvalue weighted by atomic mass is 10.2. The van der Waals surface area contributed by atoms with Gasteiger partial charge in [-0.15, -0.1) is 0 Å². The molecule has 0 aromatic heterocycles. The van der Waals surface area contributed by atoms with Gasteiger partial charge in [0.25, 0.3) is 0 Å². The normalized spacial score (nSPS) is 10.2. The molecule has 2 rings (SSSR count). The van der Waals surface area contributed by atoms with E-state index in [1.54, 1.807) is 37.3 Å². The number of carbonyl (C=O) groups is 1. The molecule has 0 heterocycles.